The van der Waals surface area contributed by atoms with E-state index < -0.39 is 0 Å². The van der Waals surface area contributed by atoms with Gasteiger partial charge in [0.05, 0.1) is 23.1 Å². The predicted octanol–water partition coefficient (Wildman–Crippen LogP) is 2.27. The average Bonchev–Trinajstić information content (AvgIpc) is 3.00. The zero-order chi connectivity index (χ0) is 16.9. The van der Waals surface area contributed by atoms with Gasteiger partial charge in [-0.2, -0.15) is 5.26 Å². The lowest BCUT2D eigenvalue weighted by Crippen LogP contribution is -2.28. The normalized spacial score (nSPS) is 10.3. The SMILES string of the molecule is N#Cc1ccccc1OCC(=O)NCc1nc2ccc(F)cc2[nH]1. The lowest BCUT2D eigenvalue weighted by molar-refractivity contribution is -0.123. The maximum atomic E-state index is 13.1. The standard InChI is InChI=1S/C17H13FN4O2/c18-12-5-6-13-14(7-12)22-16(21-13)9-20-17(23)10-24-15-4-2-1-3-11(15)8-19/h1-7H,9-10H2,(H,20,23)(H,21,22). The van der Waals surface area contributed by atoms with Crippen molar-refractivity contribution < 1.29 is 13.9 Å². The molecule has 0 radical (unpaired) electrons. The van der Waals surface area contributed by atoms with Gasteiger partial charge in [0, 0.05) is 0 Å². The number of imidazole rings is 1. The van der Waals surface area contributed by atoms with Crippen LogP contribution in [0.15, 0.2) is 42.5 Å². The van der Waals surface area contributed by atoms with Crippen molar-refractivity contribution in [3.05, 3.63) is 59.7 Å². The number of ether oxygens (including phenoxy) is 1. The highest BCUT2D eigenvalue weighted by molar-refractivity contribution is 5.78. The molecule has 0 fully saturated rings. The van der Waals surface area contributed by atoms with Crippen LogP contribution in [0.5, 0.6) is 5.75 Å². The van der Waals surface area contributed by atoms with Gasteiger partial charge >= 0.3 is 0 Å². The number of para-hydroxylation sites is 1. The van der Waals surface area contributed by atoms with Crippen LogP contribution in [-0.2, 0) is 11.3 Å². The summed E-state index contributed by atoms with van der Waals surface area (Å²) in [4.78, 5) is 19.0. The molecule has 0 bridgehead atoms. The van der Waals surface area contributed by atoms with Gasteiger partial charge in [-0.05, 0) is 30.3 Å². The van der Waals surface area contributed by atoms with Gasteiger partial charge in [-0.15, -0.1) is 0 Å². The molecule has 7 heteroatoms. The zero-order valence-electron chi connectivity index (χ0n) is 12.5. The third-order valence-electron chi connectivity index (χ3n) is 3.31. The Morgan fingerprint density at radius 3 is 3.00 bits per heavy atom. The van der Waals surface area contributed by atoms with Gasteiger partial charge in [0.1, 0.15) is 23.5 Å². The Kier molecular flexibility index (Phi) is 4.38. The minimum absolute atomic E-state index is 0.165. The van der Waals surface area contributed by atoms with E-state index in [2.05, 4.69) is 15.3 Å². The highest BCUT2D eigenvalue weighted by Crippen LogP contribution is 2.16. The molecule has 0 aliphatic carbocycles. The first kappa shape index (κ1) is 15.5. The van der Waals surface area contributed by atoms with Crippen molar-refractivity contribution in [2.24, 2.45) is 0 Å². The molecule has 2 N–H and O–H groups in total. The van der Waals surface area contributed by atoms with Crippen LogP contribution in [0.1, 0.15) is 11.4 Å². The molecule has 3 rings (SSSR count). The number of nitrogens with one attached hydrogen (secondary N) is 2. The van der Waals surface area contributed by atoms with Crippen LogP contribution in [-0.4, -0.2) is 22.5 Å². The summed E-state index contributed by atoms with van der Waals surface area (Å²) in [5.41, 5.74) is 1.56. The molecule has 1 aromatic heterocycles. The van der Waals surface area contributed by atoms with Gasteiger partial charge in [-0.3, -0.25) is 4.79 Å². The second kappa shape index (κ2) is 6.79. The first-order valence-corrected chi connectivity index (χ1v) is 7.18. The van der Waals surface area contributed by atoms with E-state index in [9.17, 15) is 9.18 Å². The number of aromatic amines is 1. The zero-order valence-corrected chi connectivity index (χ0v) is 12.5. The number of halogens is 1. The van der Waals surface area contributed by atoms with Crippen molar-refractivity contribution in [1.82, 2.24) is 15.3 Å². The number of rotatable bonds is 5. The molecule has 0 aliphatic rings. The molecule has 3 aromatic rings. The Bertz CT molecular complexity index is 930. The van der Waals surface area contributed by atoms with Crippen LogP contribution in [0.2, 0.25) is 0 Å². The van der Waals surface area contributed by atoms with Gasteiger partial charge in [0.2, 0.25) is 0 Å². The first-order valence-electron chi connectivity index (χ1n) is 7.18. The van der Waals surface area contributed by atoms with Crippen LogP contribution >= 0.6 is 0 Å². The fourth-order valence-corrected chi connectivity index (χ4v) is 2.18. The maximum Gasteiger partial charge on any atom is 0.258 e. The van der Waals surface area contributed by atoms with Crippen LogP contribution in [0.3, 0.4) is 0 Å². The van der Waals surface area contributed by atoms with E-state index in [1.54, 1.807) is 30.3 Å². The number of amides is 1. The average molecular weight is 324 g/mol. The minimum atomic E-state index is -0.355. The summed E-state index contributed by atoms with van der Waals surface area (Å²) in [5, 5.41) is 11.6. The molecular weight excluding hydrogens is 311 g/mol. The fraction of sp³-hybridized carbons (Fsp3) is 0.118. The Morgan fingerprint density at radius 1 is 1.33 bits per heavy atom. The Balaban J connectivity index is 1.56. The van der Waals surface area contributed by atoms with Crippen molar-refractivity contribution >= 4 is 16.9 Å². The third-order valence-corrected chi connectivity index (χ3v) is 3.31. The third kappa shape index (κ3) is 3.50. The van der Waals surface area contributed by atoms with Gasteiger partial charge in [-0.1, -0.05) is 12.1 Å². The molecule has 24 heavy (non-hydrogen) atoms. The molecule has 0 aliphatic heterocycles. The minimum Gasteiger partial charge on any atom is -0.482 e. The van der Waals surface area contributed by atoms with Crippen LogP contribution < -0.4 is 10.1 Å². The monoisotopic (exact) mass is 324 g/mol. The molecule has 6 nitrogen and oxygen atoms in total. The number of benzene rings is 2. The Hall–Kier alpha value is -3.40. The van der Waals surface area contributed by atoms with Crippen molar-refractivity contribution in [1.29, 1.82) is 5.26 Å². The van der Waals surface area contributed by atoms with Crippen LogP contribution in [0.4, 0.5) is 4.39 Å². The quantitative estimate of drug-likeness (QED) is 0.753. The molecule has 2 aromatic carbocycles. The number of aromatic nitrogens is 2. The summed E-state index contributed by atoms with van der Waals surface area (Å²) >= 11 is 0. The molecular formula is C17H13FN4O2. The van der Waals surface area contributed by atoms with E-state index in [1.165, 1.54) is 12.1 Å². The highest BCUT2D eigenvalue weighted by Gasteiger charge is 2.08. The predicted molar refractivity (Wildman–Crippen MR) is 84.6 cm³/mol. The summed E-state index contributed by atoms with van der Waals surface area (Å²) in [6, 6.07) is 12.9. The second-order valence-corrected chi connectivity index (χ2v) is 5.02. The number of hydrogen-bond donors (Lipinski definition) is 2. The number of nitrogens with zero attached hydrogens (tertiary/aromatic N) is 2. The van der Waals surface area contributed by atoms with Gasteiger partial charge in [0.15, 0.2) is 6.61 Å². The number of nitriles is 1. The first-order chi connectivity index (χ1) is 11.7. The van der Waals surface area contributed by atoms with Gasteiger partial charge < -0.3 is 15.0 Å². The lowest BCUT2D eigenvalue weighted by atomic mass is 10.2. The summed E-state index contributed by atoms with van der Waals surface area (Å²) in [5.74, 6) is 0.163. The summed E-state index contributed by atoms with van der Waals surface area (Å²) < 4.78 is 18.5. The largest absolute Gasteiger partial charge is 0.482 e. The summed E-state index contributed by atoms with van der Waals surface area (Å²) in [7, 11) is 0. The smallest absolute Gasteiger partial charge is 0.258 e. The van der Waals surface area contributed by atoms with Gasteiger partial charge in [-0.25, -0.2) is 9.37 Å². The molecule has 120 valence electrons. The van der Waals surface area contributed by atoms with Crippen molar-refractivity contribution in [3.63, 3.8) is 0 Å². The number of carbonyl (C=O) groups excluding carboxylic acids is 1. The van der Waals surface area contributed by atoms with E-state index in [4.69, 9.17) is 10.00 Å². The molecule has 1 amide bonds. The van der Waals surface area contributed by atoms with Crippen molar-refractivity contribution in [2.45, 2.75) is 6.54 Å². The fourth-order valence-electron chi connectivity index (χ4n) is 2.18. The Morgan fingerprint density at radius 2 is 2.17 bits per heavy atom. The van der Waals surface area contributed by atoms with E-state index in [0.717, 1.165) is 0 Å². The second-order valence-electron chi connectivity index (χ2n) is 5.02. The van der Waals surface area contributed by atoms with Crippen LogP contribution in [0.25, 0.3) is 11.0 Å². The number of fused-ring (bicyclic) bond motifs is 1. The van der Waals surface area contributed by atoms with E-state index >= 15 is 0 Å². The van der Waals surface area contributed by atoms with Crippen LogP contribution in [0, 0.1) is 17.1 Å². The molecule has 0 saturated heterocycles. The number of hydrogen-bond acceptors (Lipinski definition) is 4. The van der Waals surface area contributed by atoms with E-state index in [1.807, 2.05) is 6.07 Å². The molecule has 0 atom stereocenters. The van der Waals surface area contributed by atoms with Crippen molar-refractivity contribution in [3.8, 4) is 11.8 Å². The van der Waals surface area contributed by atoms with Gasteiger partial charge in [0.25, 0.3) is 5.91 Å². The van der Waals surface area contributed by atoms with Crippen molar-refractivity contribution in [2.75, 3.05) is 6.61 Å². The molecule has 0 unspecified atom stereocenters. The van der Waals surface area contributed by atoms with E-state index in [0.29, 0.717) is 28.2 Å². The molecule has 1 heterocycles. The number of H-pyrrole nitrogens is 1. The highest BCUT2D eigenvalue weighted by atomic mass is 19.1. The maximum absolute atomic E-state index is 13.1. The summed E-state index contributed by atoms with van der Waals surface area (Å²) in [6.45, 7) is -0.0497. The molecule has 0 saturated carbocycles. The summed E-state index contributed by atoms with van der Waals surface area (Å²) in [6.07, 6.45) is 0. The molecule has 0 spiro atoms. The van der Waals surface area contributed by atoms with E-state index in [-0.39, 0.29) is 24.9 Å². The number of carbonyl (C=O) groups is 1. The Labute approximate surface area is 136 Å². The topological polar surface area (TPSA) is 90.8 Å². The lowest BCUT2D eigenvalue weighted by Gasteiger charge is -2.07.